The number of carbonyl (C=O) groups excluding carboxylic acids is 1. The first-order valence-electron chi connectivity index (χ1n) is 9.76. The fourth-order valence-electron chi connectivity index (χ4n) is 3.64. The lowest BCUT2D eigenvalue weighted by molar-refractivity contribution is -0.137. The van der Waals surface area contributed by atoms with Gasteiger partial charge in [-0.05, 0) is 42.3 Å². The Kier molecular flexibility index (Phi) is 5.99. The quantitative estimate of drug-likeness (QED) is 0.569. The number of amides is 1. The second-order valence-electron chi connectivity index (χ2n) is 7.28. The monoisotopic (exact) mass is 451 g/mol. The highest BCUT2D eigenvalue weighted by molar-refractivity contribution is 7.99. The SMILES string of the molecule is Cc1cc(NC(=O)CSc2nnnn2C2CCCC2)n(-c2ccccc2C(F)(F)F)n1. The van der Waals surface area contributed by atoms with Gasteiger partial charge in [-0.25, -0.2) is 9.36 Å². The summed E-state index contributed by atoms with van der Waals surface area (Å²) >= 11 is 1.19. The van der Waals surface area contributed by atoms with Crippen LogP contribution in [-0.2, 0) is 11.0 Å². The summed E-state index contributed by atoms with van der Waals surface area (Å²) in [6.07, 6.45) is -0.301. The van der Waals surface area contributed by atoms with Crippen LogP contribution in [0.15, 0.2) is 35.5 Å². The summed E-state index contributed by atoms with van der Waals surface area (Å²) in [6.45, 7) is 1.65. The fraction of sp³-hybridized carbons (Fsp3) is 0.421. The van der Waals surface area contributed by atoms with Crippen LogP contribution >= 0.6 is 11.8 Å². The number of anilines is 1. The number of carbonyl (C=O) groups is 1. The number of halogens is 3. The topological polar surface area (TPSA) is 90.5 Å². The molecule has 1 fully saturated rings. The Balaban J connectivity index is 1.49. The number of hydrogen-bond acceptors (Lipinski definition) is 6. The number of alkyl halides is 3. The van der Waals surface area contributed by atoms with E-state index >= 15 is 0 Å². The van der Waals surface area contributed by atoms with E-state index < -0.39 is 17.6 Å². The molecule has 0 saturated heterocycles. The van der Waals surface area contributed by atoms with Gasteiger partial charge in [0.1, 0.15) is 5.82 Å². The summed E-state index contributed by atoms with van der Waals surface area (Å²) < 4.78 is 43.1. The maximum Gasteiger partial charge on any atom is 0.418 e. The number of hydrogen-bond donors (Lipinski definition) is 1. The number of nitrogens with one attached hydrogen (secondary N) is 1. The van der Waals surface area contributed by atoms with Gasteiger partial charge in [-0.3, -0.25) is 4.79 Å². The number of tetrazole rings is 1. The van der Waals surface area contributed by atoms with Crippen molar-refractivity contribution < 1.29 is 18.0 Å². The predicted molar refractivity (Wildman–Crippen MR) is 108 cm³/mol. The maximum atomic E-state index is 13.4. The molecule has 0 bridgehead atoms. The van der Waals surface area contributed by atoms with Crippen LogP contribution in [0.5, 0.6) is 0 Å². The van der Waals surface area contributed by atoms with E-state index in [-0.39, 0.29) is 23.3 Å². The third-order valence-corrected chi connectivity index (χ3v) is 5.94. The number of benzene rings is 1. The van der Waals surface area contributed by atoms with E-state index in [1.807, 2.05) is 0 Å². The number of rotatable bonds is 6. The Morgan fingerprint density at radius 1 is 1.26 bits per heavy atom. The second kappa shape index (κ2) is 8.69. The van der Waals surface area contributed by atoms with Crippen LogP contribution in [0.2, 0.25) is 0 Å². The van der Waals surface area contributed by atoms with E-state index in [0.717, 1.165) is 36.4 Å². The molecule has 2 heterocycles. The number of nitrogens with zero attached hydrogens (tertiary/aromatic N) is 6. The normalized spacial score (nSPS) is 14.8. The van der Waals surface area contributed by atoms with Crippen LogP contribution in [0, 0.1) is 6.92 Å². The van der Waals surface area contributed by atoms with Crippen molar-refractivity contribution in [1.29, 1.82) is 0 Å². The number of thioether (sulfide) groups is 1. The van der Waals surface area contributed by atoms with Crippen molar-refractivity contribution in [2.75, 3.05) is 11.1 Å². The third kappa shape index (κ3) is 4.73. The summed E-state index contributed by atoms with van der Waals surface area (Å²) in [6, 6.07) is 6.87. The molecule has 31 heavy (non-hydrogen) atoms. The first-order chi connectivity index (χ1) is 14.8. The molecular formula is C19H20F3N7OS. The highest BCUT2D eigenvalue weighted by atomic mass is 32.2. The van der Waals surface area contributed by atoms with E-state index in [9.17, 15) is 18.0 Å². The van der Waals surface area contributed by atoms with Gasteiger partial charge < -0.3 is 5.32 Å². The van der Waals surface area contributed by atoms with Crippen LogP contribution in [-0.4, -0.2) is 41.6 Å². The Hall–Kier alpha value is -2.89. The van der Waals surface area contributed by atoms with Crippen molar-refractivity contribution in [3.05, 3.63) is 41.6 Å². The molecule has 2 aromatic heterocycles. The second-order valence-corrected chi connectivity index (χ2v) is 8.22. The number of para-hydroxylation sites is 1. The zero-order valence-electron chi connectivity index (χ0n) is 16.6. The summed E-state index contributed by atoms with van der Waals surface area (Å²) in [4.78, 5) is 12.5. The molecular weight excluding hydrogens is 431 g/mol. The molecule has 1 saturated carbocycles. The highest BCUT2D eigenvalue weighted by Gasteiger charge is 2.34. The standard InChI is InChI=1S/C19H20F3N7OS/c1-12-10-16(29(25-12)15-9-5-4-8-14(15)19(20,21)22)23-17(30)11-31-18-24-26-27-28(18)13-6-2-3-7-13/h4-5,8-10,13H,2-3,6-7,11H2,1H3,(H,23,30). The average Bonchev–Trinajstić information content (AvgIpc) is 3.46. The minimum atomic E-state index is -4.55. The Labute approximate surface area is 180 Å². The van der Waals surface area contributed by atoms with Gasteiger partial charge in [0.25, 0.3) is 0 Å². The van der Waals surface area contributed by atoms with Crippen molar-refractivity contribution in [2.24, 2.45) is 0 Å². The van der Waals surface area contributed by atoms with E-state index in [1.165, 1.54) is 36.0 Å². The van der Waals surface area contributed by atoms with Crippen LogP contribution in [0.1, 0.15) is 43.0 Å². The van der Waals surface area contributed by atoms with Gasteiger partial charge in [0.15, 0.2) is 0 Å². The van der Waals surface area contributed by atoms with Crippen LogP contribution < -0.4 is 5.32 Å². The molecule has 1 aliphatic rings. The third-order valence-electron chi connectivity index (χ3n) is 5.00. The van der Waals surface area contributed by atoms with Crippen molar-refractivity contribution in [3.63, 3.8) is 0 Å². The van der Waals surface area contributed by atoms with Crippen LogP contribution in [0.3, 0.4) is 0 Å². The summed E-state index contributed by atoms with van der Waals surface area (Å²) in [5, 5.41) is 19.1. The van der Waals surface area contributed by atoms with Gasteiger partial charge in [-0.1, -0.05) is 36.7 Å². The van der Waals surface area contributed by atoms with Crippen LogP contribution in [0.4, 0.5) is 19.0 Å². The summed E-state index contributed by atoms with van der Waals surface area (Å²) in [7, 11) is 0. The zero-order valence-corrected chi connectivity index (χ0v) is 17.4. The van der Waals surface area contributed by atoms with E-state index in [0.29, 0.717) is 10.9 Å². The van der Waals surface area contributed by atoms with Crippen molar-refractivity contribution in [1.82, 2.24) is 30.0 Å². The van der Waals surface area contributed by atoms with Gasteiger partial charge in [0, 0.05) is 6.07 Å². The van der Waals surface area contributed by atoms with Crippen molar-refractivity contribution >= 4 is 23.5 Å². The summed E-state index contributed by atoms with van der Waals surface area (Å²) in [5.41, 5.74) is -0.514. The molecule has 0 spiro atoms. The van der Waals surface area contributed by atoms with Gasteiger partial charge in [-0.15, -0.1) is 5.10 Å². The molecule has 0 radical (unpaired) electrons. The largest absolute Gasteiger partial charge is 0.418 e. The molecule has 8 nitrogen and oxygen atoms in total. The number of aromatic nitrogens is 6. The Morgan fingerprint density at radius 2 is 2.00 bits per heavy atom. The molecule has 3 aromatic rings. The Morgan fingerprint density at radius 3 is 2.74 bits per heavy atom. The molecule has 4 rings (SSSR count). The lowest BCUT2D eigenvalue weighted by atomic mass is 10.1. The predicted octanol–water partition coefficient (Wildman–Crippen LogP) is 4.03. The summed E-state index contributed by atoms with van der Waals surface area (Å²) in [5.74, 6) is -0.218. The molecule has 164 valence electrons. The van der Waals surface area contributed by atoms with Gasteiger partial charge in [0.05, 0.1) is 28.7 Å². The minimum Gasteiger partial charge on any atom is -0.310 e. The minimum absolute atomic E-state index is 0.0121. The molecule has 0 atom stereocenters. The molecule has 1 aromatic carbocycles. The first-order valence-corrected chi connectivity index (χ1v) is 10.8. The Bertz CT molecular complexity index is 1070. The van der Waals surface area contributed by atoms with Crippen molar-refractivity contribution in [3.8, 4) is 5.69 Å². The van der Waals surface area contributed by atoms with Gasteiger partial charge in [0.2, 0.25) is 11.1 Å². The fourth-order valence-corrected chi connectivity index (χ4v) is 4.38. The maximum absolute atomic E-state index is 13.4. The molecule has 0 unspecified atom stereocenters. The molecule has 1 aliphatic carbocycles. The molecule has 12 heteroatoms. The number of aryl methyl sites for hydroxylation is 1. The first kappa shape index (κ1) is 21.3. The lowest BCUT2D eigenvalue weighted by Crippen LogP contribution is -2.19. The average molecular weight is 451 g/mol. The highest BCUT2D eigenvalue weighted by Crippen LogP contribution is 2.35. The van der Waals surface area contributed by atoms with Gasteiger partial charge in [-0.2, -0.15) is 18.3 Å². The van der Waals surface area contributed by atoms with Gasteiger partial charge >= 0.3 is 6.18 Å². The smallest absolute Gasteiger partial charge is 0.310 e. The lowest BCUT2D eigenvalue weighted by Gasteiger charge is -2.15. The molecule has 0 aliphatic heterocycles. The molecule has 1 amide bonds. The van der Waals surface area contributed by atoms with Crippen molar-refractivity contribution in [2.45, 2.75) is 50.0 Å². The van der Waals surface area contributed by atoms with E-state index in [1.54, 1.807) is 11.6 Å². The van der Waals surface area contributed by atoms with E-state index in [4.69, 9.17) is 0 Å². The van der Waals surface area contributed by atoms with Crippen LogP contribution in [0.25, 0.3) is 5.69 Å². The zero-order chi connectivity index (χ0) is 22.0. The molecule has 1 N–H and O–H groups in total. The van der Waals surface area contributed by atoms with E-state index in [2.05, 4.69) is 25.9 Å².